The van der Waals surface area contributed by atoms with Gasteiger partial charge in [0.2, 0.25) is 10.0 Å². The molecule has 0 aliphatic heterocycles. The molecule has 0 bridgehead atoms. The maximum absolute atomic E-state index is 12.2. The summed E-state index contributed by atoms with van der Waals surface area (Å²) in [5.41, 5.74) is 1.37. The number of sulfonamides is 1. The zero-order valence-electron chi connectivity index (χ0n) is 11.3. The first kappa shape index (κ1) is 15.5. The lowest BCUT2D eigenvalue weighted by Crippen LogP contribution is -2.32. The van der Waals surface area contributed by atoms with E-state index < -0.39 is 22.5 Å². The molecule has 0 amide bonds. The number of aliphatic carboxylic acids is 1. The first-order valence-electron chi connectivity index (χ1n) is 5.53. The molecule has 0 fully saturated rings. The van der Waals surface area contributed by atoms with Crippen molar-refractivity contribution in [2.45, 2.75) is 18.7 Å². The van der Waals surface area contributed by atoms with Crippen LogP contribution in [0.15, 0.2) is 17.0 Å². The van der Waals surface area contributed by atoms with Crippen LogP contribution in [-0.2, 0) is 14.8 Å². The number of hydrogen-bond donors (Lipinski definition) is 1. The zero-order valence-corrected chi connectivity index (χ0v) is 12.1. The highest BCUT2D eigenvalue weighted by Gasteiger charge is 2.24. The molecule has 0 heterocycles. The summed E-state index contributed by atoms with van der Waals surface area (Å²) in [6, 6.07) is 2.94. The largest absolute Gasteiger partial charge is 0.496 e. The number of carboxylic acids is 1. The van der Waals surface area contributed by atoms with E-state index in [4.69, 9.17) is 9.84 Å². The lowest BCUT2D eigenvalue weighted by atomic mass is 10.1. The Morgan fingerprint density at radius 2 is 1.79 bits per heavy atom. The molecule has 7 heteroatoms. The Morgan fingerprint density at radius 3 is 2.16 bits per heavy atom. The van der Waals surface area contributed by atoms with Gasteiger partial charge in [-0.3, -0.25) is 4.79 Å². The van der Waals surface area contributed by atoms with Crippen molar-refractivity contribution in [2.24, 2.45) is 0 Å². The number of methoxy groups -OCH3 is 1. The van der Waals surface area contributed by atoms with Crippen LogP contribution in [0.1, 0.15) is 11.1 Å². The summed E-state index contributed by atoms with van der Waals surface area (Å²) in [5.74, 6) is -0.576. The molecule has 0 aromatic heterocycles. The van der Waals surface area contributed by atoms with E-state index in [0.29, 0.717) is 16.9 Å². The van der Waals surface area contributed by atoms with E-state index >= 15 is 0 Å². The minimum Gasteiger partial charge on any atom is -0.496 e. The smallest absolute Gasteiger partial charge is 0.318 e. The summed E-state index contributed by atoms with van der Waals surface area (Å²) in [4.78, 5) is 10.7. The van der Waals surface area contributed by atoms with E-state index in [1.807, 2.05) is 0 Å². The van der Waals surface area contributed by atoms with Crippen molar-refractivity contribution in [3.8, 4) is 5.75 Å². The van der Waals surface area contributed by atoms with Gasteiger partial charge in [-0.2, -0.15) is 4.31 Å². The van der Waals surface area contributed by atoms with Crippen LogP contribution in [0.3, 0.4) is 0 Å². The third kappa shape index (κ3) is 3.24. The van der Waals surface area contributed by atoms with Gasteiger partial charge in [-0.1, -0.05) is 0 Å². The van der Waals surface area contributed by atoms with E-state index in [-0.39, 0.29) is 4.90 Å². The second kappa shape index (κ2) is 5.58. The second-order valence-corrected chi connectivity index (χ2v) is 6.29. The summed E-state index contributed by atoms with van der Waals surface area (Å²) in [6.45, 7) is 2.90. The number of carboxylic acid groups (broad SMARTS) is 1. The molecule has 0 aliphatic carbocycles. The molecule has 106 valence electrons. The number of benzene rings is 1. The van der Waals surface area contributed by atoms with Gasteiger partial charge < -0.3 is 9.84 Å². The van der Waals surface area contributed by atoms with Crippen LogP contribution in [0, 0.1) is 13.8 Å². The fraction of sp³-hybridized carbons (Fsp3) is 0.417. The van der Waals surface area contributed by atoms with E-state index in [1.165, 1.54) is 26.3 Å². The van der Waals surface area contributed by atoms with Crippen molar-refractivity contribution >= 4 is 16.0 Å². The van der Waals surface area contributed by atoms with Gasteiger partial charge >= 0.3 is 5.97 Å². The van der Waals surface area contributed by atoms with Crippen molar-refractivity contribution < 1.29 is 23.1 Å². The molecule has 0 spiro atoms. The Hall–Kier alpha value is -1.60. The van der Waals surface area contributed by atoms with Gasteiger partial charge in [-0.25, -0.2) is 8.42 Å². The predicted molar refractivity (Wildman–Crippen MR) is 69.9 cm³/mol. The number of rotatable bonds is 5. The van der Waals surface area contributed by atoms with E-state index in [9.17, 15) is 13.2 Å². The van der Waals surface area contributed by atoms with Gasteiger partial charge in [-0.05, 0) is 37.1 Å². The minimum atomic E-state index is -3.81. The lowest BCUT2D eigenvalue weighted by Gasteiger charge is -2.17. The van der Waals surface area contributed by atoms with Gasteiger partial charge in [0.25, 0.3) is 0 Å². The third-order valence-corrected chi connectivity index (χ3v) is 4.49. The summed E-state index contributed by atoms with van der Waals surface area (Å²) in [5, 5.41) is 8.66. The Labute approximate surface area is 112 Å². The van der Waals surface area contributed by atoms with Crippen molar-refractivity contribution in [1.29, 1.82) is 0 Å². The van der Waals surface area contributed by atoms with E-state index in [2.05, 4.69) is 0 Å². The lowest BCUT2D eigenvalue weighted by molar-refractivity contribution is -0.137. The number of carbonyl (C=O) groups is 1. The monoisotopic (exact) mass is 287 g/mol. The summed E-state index contributed by atoms with van der Waals surface area (Å²) in [6.07, 6.45) is 0. The fourth-order valence-electron chi connectivity index (χ4n) is 1.84. The molecule has 1 rings (SSSR count). The van der Waals surface area contributed by atoms with Crippen LogP contribution in [0.2, 0.25) is 0 Å². The molecule has 6 nitrogen and oxygen atoms in total. The topological polar surface area (TPSA) is 83.9 Å². The summed E-state index contributed by atoms with van der Waals surface area (Å²) >= 11 is 0. The predicted octanol–water partition coefficient (Wildman–Crippen LogP) is 1.02. The van der Waals surface area contributed by atoms with Crippen LogP contribution in [0.25, 0.3) is 0 Å². The van der Waals surface area contributed by atoms with Crippen LogP contribution in [0.4, 0.5) is 0 Å². The fourth-order valence-corrected chi connectivity index (χ4v) is 3.13. The Bertz CT molecular complexity index is 571. The highest BCUT2D eigenvalue weighted by atomic mass is 32.2. The first-order valence-corrected chi connectivity index (χ1v) is 6.97. The van der Waals surface area contributed by atoms with Gasteiger partial charge in [0.1, 0.15) is 12.3 Å². The van der Waals surface area contributed by atoms with Crippen molar-refractivity contribution in [1.82, 2.24) is 4.31 Å². The van der Waals surface area contributed by atoms with Crippen LogP contribution in [0.5, 0.6) is 5.75 Å². The highest BCUT2D eigenvalue weighted by molar-refractivity contribution is 7.89. The van der Waals surface area contributed by atoms with Gasteiger partial charge in [-0.15, -0.1) is 0 Å². The molecule has 1 N–H and O–H groups in total. The van der Waals surface area contributed by atoms with Gasteiger partial charge in [0, 0.05) is 7.05 Å². The average molecular weight is 287 g/mol. The Balaban J connectivity index is 3.26. The summed E-state index contributed by atoms with van der Waals surface area (Å²) < 4.78 is 30.4. The van der Waals surface area contributed by atoms with Crippen LogP contribution < -0.4 is 4.74 Å². The maximum atomic E-state index is 12.2. The van der Waals surface area contributed by atoms with Crippen LogP contribution >= 0.6 is 0 Å². The molecular weight excluding hydrogens is 270 g/mol. The molecule has 0 saturated carbocycles. The SMILES string of the molecule is COc1c(C)cc(S(=O)(=O)N(C)CC(=O)O)cc1C. The Kier molecular flexibility index (Phi) is 4.54. The first-order chi connectivity index (χ1) is 8.70. The van der Waals surface area contributed by atoms with Crippen LogP contribution in [-0.4, -0.2) is 44.5 Å². The molecule has 1 aromatic carbocycles. The number of hydrogen-bond acceptors (Lipinski definition) is 4. The molecule has 0 radical (unpaired) electrons. The zero-order chi connectivity index (χ0) is 14.8. The van der Waals surface area contributed by atoms with E-state index in [1.54, 1.807) is 13.8 Å². The normalized spacial score (nSPS) is 11.6. The average Bonchev–Trinajstić information content (AvgIpc) is 2.27. The minimum absolute atomic E-state index is 0.0621. The number of aryl methyl sites for hydroxylation is 2. The Morgan fingerprint density at radius 1 is 1.32 bits per heavy atom. The number of nitrogens with zero attached hydrogens (tertiary/aromatic N) is 1. The highest BCUT2D eigenvalue weighted by Crippen LogP contribution is 2.27. The molecular formula is C12H17NO5S. The maximum Gasteiger partial charge on any atom is 0.318 e. The van der Waals surface area contributed by atoms with Crippen molar-refractivity contribution in [3.05, 3.63) is 23.3 Å². The quantitative estimate of drug-likeness (QED) is 0.874. The van der Waals surface area contributed by atoms with Crippen molar-refractivity contribution in [3.63, 3.8) is 0 Å². The molecule has 1 aromatic rings. The van der Waals surface area contributed by atoms with Gasteiger partial charge in [0.15, 0.2) is 0 Å². The van der Waals surface area contributed by atoms with Gasteiger partial charge in [0.05, 0.1) is 12.0 Å². The third-order valence-electron chi connectivity index (χ3n) is 2.70. The molecule has 0 unspecified atom stereocenters. The van der Waals surface area contributed by atoms with E-state index in [0.717, 1.165) is 4.31 Å². The molecule has 0 aliphatic rings. The van der Waals surface area contributed by atoms with Crippen molar-refractivity contribution in [2.75, 3.05) is 20.7 Å². The molecule has 0 saturated heterocycles. The number of ether oxygens (including phenoxy) is 1. The standard InChI is InChI=1S/C12H17NO5S/c1-8-5-10(6-9(2)12(8)18-4)19(16,17)13(3)7-11(14)15/h5-6H,7H2,1-4H3,(H,14,15). The summed E-state index contributed by atoms with van der Waals surface area (Å²) in [7, 11) is -1.06. The molecule has 0 atom stereocenters. The molecule has 19 heavy (non-hydrogen) atoms. The number of likely N-dealkylation sites (N-methyl/N-ethyl adjacent to an activating group) is 1. The second-order valence-electron chi connectivity index (χ2n) is 4.25.